The number of amides is 1. The quantitative estimate of drug-likeness (QED) is 0.670. The normalized spacial score (nSPS) is 22.9. The van der Waals surface area contributed by atoms with Gasteiger partial charge in [0.25, 0.3) is 5.91 Å². The Morgan fingerprint density at radius 1 is 1.30 bits per heavy atom. The molecule has 1 amide bonds. The van der Waals surface area contributed by atoms with Gasteiger partial charge in [0.1, 0.15) is 9.75 Å². The lowest BCUT2D eigenvalue weighted by Gasteiger charge is -2.11. The van der Waals surface area contributed by atoms with Crippen LogP contribution in [0.5, 0.6) is 0 Å². The first kappa shape index (κ1) is 15.1. The summed E-state index contributed by atoms with van der Waals surface area (Å²) < 4.78 is 3.86. The van der Waals surface area contributed by atoms with Crippen LogP contribution in [0, 0.1) is 5.41 Å². The van der Waals surface area contributed by atoms with Crippen LogP contribution in [0.25, 0.3) is 0 Å². The molecule has 1 aliphatic carbocycles. The van der Waals surface area contributed by atoms with E-state index in [4.69, 9.17) is 27.9 Å². The Morgan fingerprint density at radius 2 is 1.90 bits per heavy atom. The largest absolute Gasteiger partial charge is 0.455 e. The fraction of sp³-hybridized carbons (Fsp3) is 0.429. The van der Waals surface area contributed by atoms with Crippen molar-refractivity contribution in [1.29, 1.82) is 0 Å². The van der Waals surface area contributed by atoms with Crippen molar-refractivity contribution in [3.8, 4) is 0 Å². The van der Waals surface area contributed by atoms with Crippen LogP contribution in [0.2, 0.25) is 0 Å². The zero-order valence-corrected chi connectivity index (χ0v) is 12.5. The van der Waals surface area contributed by atoms with Crippen molar-refractivity contribution < 1.29 is 14.3 Å². The Bertz CT molecular complexity index is 518. The highest BCUT2D eigenvalue weighted by Crippen LogP contribution is 2.64. The Balaban J connectivity index is 1.72. The number of alkyl halides is 2. The molecule has 1 aromatic carbocycles. The smallest absolute Gasteiger partial charge is 0.315 e. The average molecular weight is 316 g/mol. The summed E-state index contributed by atoms with van der Waals surface area (Å²) in [5.74, 6) is -0.904. The highest BCUT2D eigenvalue weighted by Gasteiger charge is 2.69. The van der Waals surface area contributed by atoms with Gasteiger partial charge in [-0.2, -0.15) is 0 Å². The van der Waals surface area contributed by atoms with E-state index in [0.29, 0.717) is 13.0 Å². The molecule has 0 bridgehead atoms. The standard InChI is InChI=1S/C14H15Cl2NO3/c1-13(9-14(13,15)16)12(19)20-8-11(18)17-7-10-5-3-2-4-6-10/h2-6H,7-9H2,1H3,(H,17,18). The number of ether oxygens (including phenoxy) is 1. The van der Waals surface area contributed by atoms with E-state index in [9.17, 15) is 9.59 Å². The van der Waals surface area contributed by atoms with E-state index in [-0.39, 0.29) is 12.5 Å². The highest BCUT2D eigenvalue weighted by atomic mass is 35.5. The molecule has 1 aliphatic rings. The maximum absolute atomic E-state index is 11.8. The van der Waals surface area contributed by atoms with Crippen molar-refractivity contribution in [2.24, 2.45) is 5.41 Å². The number of carbonyl (C=O) groups excluding carboxylic acids is 2. The summed E-state index contributed by atoms with van der Waals surface area (Å²) in [6.45, 7) is 1.69. The summed E-state index contributed by atoms with van der Waals surface area (Å²) in [4.78, 5) is 23.3. The number of halogens is 2. The van der Waals surface area contributed by atoms with E-state index in [1.807, 2.05) is 30.3 Å². The van der Waals surface area contributed by atoms with E-state index in [2.05, 4.69) is 5.32 Å². The van der Waals surface area contributed by atoms with Gasteiger partial charge in [-0.25, -0.2) is 0 Å². The predicted molar refractivity (Wildman–Crippen MR) is 76.4 cm³/mol. The Kier molecular flexibility index (Phi) is 4.25. The highest BCUT2D eigenvalue weighted by molar-refractivity contribution is 6.53. The molecule has 108 valence electrons. The van der Waals surface area contributed by atoms with Gasteiger partial charge in [0.2, 0.25) is 0 Å². The Morgan fingerprint density at radius 3 is 2.45 bits per heavy atom. The first-order valence-electron chi connectivity index (χ1n) is 6.21. The van der Waals surface area contributed by atoms with Crippen molar-refractivity contribution in [3.05, 3.63) is 35.9 Å². The molecule has 4 nitrogen and oxygen atoms in total. The Labute approximate surface area is 127 Å². The molecule has 20 heavy (non-hydrogen) atoms. The maximum atomic E-state index is 11.8. The number of carbonyl (C=O) groups is 2. The van der Waals surface area contributed by atoms with E-state index >= 15 is 0 Å². The second-order valence-corrected chi connectivity index (χ2v) is 6.54. The minimum atomic E-state index is -1.08. The summed E-state index contributed by atoms with van der Waals surface area (Å²) >= 11 is 11.7. The molecule has 0 heterocycles. The molecule has 6 heteroatoms. The molecular formula is C14H15Cl2NO3. The zero-order valence-electron chi connectivity index (χ0n) is 11.0. The van der Waals surface area contributed by atoms with Gasteiger partial charge < -0.3 is 10.1 Å². The molecule has 1 atom stereocenters. The molecule has 0 radical (unpaired) electrons. The van der Waals surface area contributed by atoms with Gasteiger partial charge >= 0.3 is 5.97 Å². The monoisotopic (exact) mass is 315 g/mol. The second kappa shape index (κ2) is 5.62. The van der Waals surface area contributed by atoms with Crippen molar-refractivity contribution >= 4 is 35.1 Å². The van der Waals surface area contributed by atoms with Crippen LogP contribution in [0.3, 0.4) is 0 Å². The molecule has 1 fully saturated rings. The number of benzene rings is 1. The number of nitrogens with one attached hydrogen (secondary N) is 1. The average Bonchev–Trinajstić information content (AvgIpc) is 2.95. The third-order valence-electron chi connectivity index (χ3n) is 3.38. The lowest BCUT2D eigenvalue weighted by Crippen LogP contribution is -2.31. The number of hydrogen-bond donors (Lipinski definition) is 1. The van der Waals surface area contributed by atoms with Crippen LogP contribution in [0.1, 0.15) is 18.9 Å². The van der Waals surface area contributed by atoms with E-state index < -0.39 is 15.7 Å². The summed E-state index contributed by atoms with van der Waals surface area (Å²) in [5.41, 5.74) is 0.0670. The fourth-order valence-corrected chi connectivity index (χ4v) is 2.45. The van der Waals surface area contributed by atoms with Crippen LogP contribution >= 0.6 is 23.2 Å². The summed E-state index contributed by atoms with van der Waals surface area (Å²) in [7, 11) is 0. The molecular weight excluding hydrogens is 301 g/mol. The molecule has 1 unspecified atom stereocenters. The maximum Gasteiger partial charge on any atom is 0.315 e. The lowest BCUT2D eigenvalue weighted by atomic mass is 10.1. The second-order valence-electron chi connectivity index (χ2n) is 5.05. The predicted octanol–water partition coefficient (Wildman–Crippen LogP) is 2.43. The minimum Gasteiger partial charge on any atom is -0.455 e. The molecule has 0 saturated heterocycles. The van der Waals surface area contributed by atoms with E-state index in [1.165, 1.54) is 0 Å². The number of hydrogen-bond acceptors (Lipinski definition) is 3. The topological polar surface area (TPSA) is 55.4 Å². The number of rotatable bonds is 5. The van der Waals surface area contributed by atoms with Gasteiger partial charge in [0, 0.05) is 13.0 Å². The van der Waals surface area contributed by atoms with Gasteiger partial charge in [0.15, 0.2) is 6.61 Å². The van der Waals surface area contributed by atoms with Gasteiger partial charge in [-0.1, -0.05) is 30.3 Å². The minimum absolute atomic E-state index is 0.328. The zero-order chi connectivity index (χ0) is 14.8. The van der Waals surface area contributed by atoms with Crippen molar-refractivity contribution in [3.63, 3.8) is 0 Å². The molecule has 1 aromatic rings. The van der Waals surface area contributed by atoms with Crippen LogP contribution in [0.4, 0.5) is 0 Å². The SMILES string of the molecule is CC1(C(=O)OCC(=O)NCc2ccccc2)CC1(Cl)Cl. The van der Waals surface area contributed by atoms with E-state index in [0.717, 1.165) is 5.56 Å². The number of esters is 1. The van der Waals surface area contributed by atoms with Crippen LogP contribution in [0.15, 0.2) is 30.3 Å². The molecule has 0 spiro atoms. The molecule has 1 N–H and O–H groups in total. The summed E-state index contributed by atoms with van der Waals surface area (Å²) in [5, 5.41) is 2.66. The van der Waals surface area contributed by atoms with Crippen LogP contribution in [-0.4, -0.2) is 22.8 Å². The van der Waals surface area contributed by atoms with E-state index in [1.54, 1.807) is 6.92 Å². The first-order valence-corrected chi connectivity index (χ1v) is 6.96. The first-order chi connectivity index (χ1) is 9.35. The van der Waals surface area contributed by atoms with Gasteiger partial charge in [-0.3, -0.25) is 9.59 Å². The third kappa shape index (κ3) is 3.25. The summed E-state index contributed by atoms with van der Waals surface area (Å²) in [6, 6.07) is 9.46. The van der Waals surface area contributed by atoms with Crippen molar-refractivity contribution in [2.45, 2.75) is 24.2 Å². The fourth-order valence-electron chi connectivity index (χ4n) is 1.76. The van der Waals surface area contributed by atoms with Gasteiger partial charge in [-0.05, 0) is 12.5 Å². The van der Waals surface area contributed by atoms with Crippen LogP contribution in [-0.2, 0) is 20.9 Å². The van der Waals surface area contributed by atoms with Crippen LogP contribution < -0.4 is 5.32 Å². The van der Waals surface area contributed by atoms with Gasteiger partial charge in [0.05, 0.1) is 0 Å². The third-order valence-corrected chi connectivity index (χ3v) is 4.48. The van der Waals surface area contributed by atoms with Gasteiger partial charge in [-0.15, -0.1) is 23.2 Å². The molecule has 1 saturated carbocycles. The lowest BCUT2D eigenvalue weighted by molar-refractivity contribution is -0.153. The molecule has 2 rings (SSSR count). The Hall–Kier alpha value is -1.26. The molecule has 0 aromatic heterocycles. The van der Waals surface area contributed by atoms with Crippen molar-refractivity contribution in [1.82, 2.24) is 5.32 Å². The molecule has 0 aliphatic heterocycles. The summed E-state index contributed by atoms with van der Waals surface area (Å²) in [6.07, 6.45) is 0.341. The van der Waals surface area contributed by atoms with Crippen molar-refractivity contribution in [2.75, 3.05) is 6.61 Å².